The van der Waals surface area contributed by atoms with E-state index < -0.39 is 0 Å². The molecule has 0 spiro atoms. The molecule has 0 unspecified atom stereocenters. The maximum atomic E-state index is 10.0. The standard InChI is InChI=1S/3C18H35O.C3H7.Ti/c3*1-18(2)16-14-12-10-8-6-4-3-5-7-9-11-13-15-17-19;1-3-2;/h3*18H,3-16H2,1-2H3;1,3H2,2H3;/q4*-1;+4. The van der Waals surface area contributed by atoms with Gasteiger partial charge in [0.2, 0.25) is 0 Å². The van der Waals surface area contributed by atoms with Crippen LogP contribution in [0.5, 0.6) is 0 Å². The SMILES string of the molecule is CC(C)CCCCCCCCCCCCCC[C-]=O.CC(C)CCCCCCCCCCCCCC[C-]=O.CC(C)CCCCCCCCCCCCCC[C-]=O.[CH2-]CC.[Ti+4]. The smallest absolute Gasteiger partial charge is 0.542 e. The molecule has 0 aliphatic carbocycles. The Morgan fingerprint density at radius 3 is 0.508 bits per heavy atom. The Bertz CT molecular complexity index is 641. The molecule has 0 saturated carbocycles. The second-order valence-electron chi connectivity index (χ2n) is 19.5. The third-order valence-electron chi connectivity index (χ3n) is 11.4. The predicted molar refractivity (Wildman–Crippen MR) is 271 cm³/mol. The first-order valence-corrected chi connectivity index (χ1v) is 27.1. The van der Waals surface area contributed by atoms with Crippen LogP contribution >= 0.6 is 0 Å². The summed E-state index contributed by atoms with van der Waals surface area (Å²) in [5.74, 6) is 2.64. The van der Waals surface area contributed by atoms with Crippen LogP contribution in [0.15, 0.2) is 0 Å². The second-order valence-corrected chi connectivity index (χ2v) is 19.5. The number of rotatable bonds is 45. The van der Waals surface area contributed by atoms with Gasteiger partial charge in [-0.25, -0.2) is 0 Å². The van der Waals surface area contributed by atoms with E-state index in [4.69, 9.17) is 0 Å². The minimum Gasteiger partial charge on any atom is -0.542 e. The van der Waals surface area contributed by atoms with Crippen molar-refractivity contribution in [3.05, 3.63) is 6.92 Å². The largest absolute Gasteiger partial charge is 4.00 e. The van der Waals surface area contributed by atoms with Crippen LogP contribution in [0.2, 0.25) is 0 Å². The first-order chi connectivity index (χ1) is 29.2. The Morgan fingerprint density at radius 2 is 0.393 bits per heavy atom. The van der Waals surface area contributed by atoms with Crippen molar-refractivity contribution in [1.29, 1.82) is 0 Å². The second kappa shape index (κ2) is 68.8. The monoisotopic (exact) mass is 893 g/mol. The molecule has 0 bridgehead atoms. The topological polar surface area (TPSA) is 51.2 Å². The summed E-state index contributed by atoms with van der Waals surface area (Å²) in [5, 5.41) is 0. The van der Waals surface area contributed by atoms with Crippen molar-refractivity contribution in [2.75, 3.05) is 0 Å². The zero-order valence-electron chi connectivity index (χ0n) is 43.1. The first-order valence-electron chi connectivity index (χ1n) is 27.1. The molecule has 0 N–H and O–H groups in total. The fraction of sp³-hybridized carbons (Fsp3) is 0.930. The summed E-state index contributed by atoms with van der Waals surface area (Å²) in [4.78, 5) is 30.0. The molecular formula is C57H112O3Ti. The van der Waals surface area contributed by atoms with Gasteiger partial charge in [0.1, 0.15) is 0 Å². The Balaban J connectivity index is -0.000000246. The van der Waals surface area contributed by atoms with Crippen molar-refractivity contribution in [3.63, 3.8) is 0 Å². The summed E-state index contributed by atoms with van der Waals surface area (Å²) >= 11 is 0. The molecule has 3 nitrogen and oxygen atoms in total. The average molecular weight is 893 g/mol. The molecule has 0 aliphatic heterocycles. The van der Waals surface area contributed by atoms with Gasteiger partial charge in [-0.2, -0.15) is 25.7 Å². The Morgan fingerprint density at radius 1 is 0.279 bits per heavy atom. The molecule has 362 valence electrons. The van der Waals surface area contributed by atoms with E-state index in [0.717, 1.165) is 43.4 Å². The molecule has 0 heterocycles. The Kier molecular flexibility index (Phi) is 78.6. The number of hydrogen-bond acceptors (Lipinski definition) is 3. The molecule has 0 aromatic carbocycles. The van der Waals surface area contributed by atoms with Gasteiger partial charge in [-0.15, -0.1) is 0 Å². The Hall–Kier alpha value is -0.276. The molecular weight excluding hydrogens is 780 g/mol. The van der Waals surface area contributed by atoms with Crippen LogP contribution in [0.25, 0.3) is 0 Å². The van der Waals surface area contributed by atoms with Gasteiger partial charge in [-0.05, 0) is 17.8 Å². The molecule has 0 aromatic rings. The summed E-state index contributed by atoms with van der Waals surface area (Å²) in [6.07, 6.45) is 61.9. The van der Waals surface area contributed by atoms with Gasteiger partial charge in [0.05, 0.1) is 0 Å². The van der Waals surface area contributed by atoms with Gasteiger partial charge in [0, 0.05) is 0 Å². The average Bonchev–Trinajstić information content (AvgIpc) is 3.21. The number of carbonyl (C=O) groups excluding carboxylic acids is 3. The van der Waals surface area contributed by atoms with E-state index in [1.807, 2.05) is 25.8 Å². The van der Waals surface area contributed by atoms with Gasteiger partial charge in [0.25, 0.3) is 0 Å². The van der Waals surface area contributed by atoms with E-state index in [1.54, 1.807) is 0 Å². The molecule has 0 fully saturated rings. The first kappa shape index (κ1) is 69.8. The van der Waals surface area contributed by atoms with E-state index >= 15 is 0 Å². The minimum absolute atomic E-state index is 0. The van der Waals surface area contributed by atoms with Gasteiger partial charge in [0.15, 0.2) is 0 Å². The Labute approximate surface area is 402 Å². The van der Waals surface area contributed by atoms with Crippen LogP contribution in [0, 0.1) is 24.7 Å². The maximum Gasteiger partial charge on any atom is 4.00 e. The molecule has 61 heavy (non-hydrogen) atoms. The van der Waals surface area contributed by atoms with E-state index in [1.165, 1.54) is 231 Å². The summed E-state index contributed by atoms with van der Waals surface area (Å²) in [5.41, 5.74) is 0. The summed E-state index contributed by atoms with van der Waals surface area (Å²) < 4.78 is 0. The summed E-state index contributed by atoms with van der Waals surface area (Å²) in [6, 6.07) is 0. The van der Waals surface area contributed by atoms with Crippen molar-refractivity contribution in [1.82, 2.24) is 0 Å². The van der Waals surface area contributed by atoms with Crippen molar-refractivity contribution in [2.24, 2.45) is 17.8 Å². The fourth-order valence-electron chi connectivity index (χ4n) is 7.55. The third kappa shape index (κ3) is 87.4. The fourth-order valence-corrected chi connectivity index (χ4v) is 7.55. The third-order valence-corrected chi connectivity index (χ3v) is 11.4. The van der Waals surface area contributed by atoms with E-state index in [-0.39, 0.29) is 21.7 Å². The minimum atomic E-state index is 0. The number of unbranched alkanes of at least 4 members (excludes halogenated alkanes) is 36. The zero-order chi connectivity index (χ0) is 45.3. The molecule has 0 aliphatic rings. The van der Waals surface area contributed by atoms with E-state index in [0.29, 0.717) is 19.3 Å². The molecule has 0 saturated heterocycles. The van der Waals surface area contributed by atoms with Crippen LogP contribution in [0.3, 0.4) is 0 Å². The molecule has 0 atom stereocenters. The van der Waals surface area contributed by atoms with Crippen molar-refractivity contribution >= 4 is 18.9 Å². The van der Waals surface area contributed by atoms with Crippen molar-refractivity contribution in [3.8, 4) is 0 Å². The van der Waals surface area contributed by atoms with Crippen LogP contribution in [-0.4, -0.2) is 18.9 Å². The van der Waals surface area contributed by atoms with Gasteiger partial charge in [-0.3, -0.25) is 18.9 Å². The molecule has 4 heteroatoms. The predicted octanol–water partition coefficient (Wildman–Crippen LogP) is 19.9. The summed E-state index contributed by atoms with van der Waals surface area (Å²) in [6.45, 7) is 19.4. The van der Waals surface area contributed by atoms with Gasteiger partial charge < -0.3 is 21.3 Å². The summed E-state index contributed by atoms with van der Waals surface area (Å²) in [7, 11) is 0. The normalized spacial score (nSPS) is 10.7. The molecule has 0 radical (unpaired) electrons. The van der Waals surface area contributed by atoms with Gasteiger partial charge in [-0.1, -0.05) is 299 Å². The van der Waals surface area contributed by atoms with E-state index in [2.05, 4.69) is 48.5 Å². The quantitative estimate of drug-likeness (QED) is 0.0348. The molecule has 0 rings (SSSR count). The number of hydrogen-bond donors (Lipinski definition) is 0. The van der Waals surface area contributed by atoms with Crippen LogP contribution in [0.1, 0.15) is 325 Å². The van der Waals surface area contributed by atoms with Gasteiger partial charge >= 0.3 is 21.7 Å². The molecule has 0 amide bonds. The van der Waals surface area contributed by atoms with E-state index in [9.17, 15) is 14.4 Å². The van der Waals surface area contributed by atoms with Crippen LogP contribution in [-0.2, 0) is 36.1 Å². The van der Waals surface area contributed by atoms with Crippen molar-refractivity contribution < 1.29 is 36.1 Å². The van der Waals surface area contributed by atoms with Crippen LogP contribution < -0.4 is 0 Å². The maximum absolute atomic E-state index is 10.0. The van der Waals surface area contributed by atoms with Crippen LogP contribution in [0.4, 0.5) is 0 Å². The zero-order valence-corrected chi connectivity index (χ0v) is 44.6. The molecule has 0 aromatic heterocycles. The van der Waals surface area contributed by atoms with Crippen molar-refractivity contribution in [2.45, 2.75) is 325 Å².